The number of nitrogens with zero attached hydrogens (tertiary/aromatic N) is 2. The molecule has 0 saturated carbocycles. The van der Waals surface area contributed by atoms with Crippen LogP contribution in [0.3, 0.4) is 0 Å². The lowest BCUT2D eigenvalue weighted by Crippen LogP contribution is -2.43. The molecule has 5 heteroatoms. The maximum absolute atomic E-state index is 11.9. The summed E-state index contributed by atoms with van der Waals surface area (Å²) in [5.41, 5.74) is 1.29. The van der Waals surface area contributed by atoms with E-state index < -0.39 is 0 Å². The fourth-order valence-electron chi connectivity index (χ4n) is 1.99. The van der Waals surface area contributed by atoms with Gasteiger partial charge in [-0.05, 0) is 32.9 Å². The number of para-hydroxylation sites is 1. The maximum Gasteiger partial charge on any atom is 0.258 e. The fourth-order valence-corrected chi connectivity index (χ4v) is 1.99. The van der Waals surface area contributed by atoms with E-state index in [0.717, 1.165) is 11.3 Å². The molecule has 0 fully saturated rings. The van der Waals surface area contributed by atoms with Crippen molar-refractivity contribution in [3.8, 4) is 5.75 Å². The van der Waals surface area contributed by atoms with Crippen molar-refractivity contribution in [2.24, 2.45) is 0 Å². The van der Waals surface area contributed by atoms with Crippen LogP contribution in [0.15, 0.2) is 49.6 Å². The molecule has 0 atom stereocenters. The Bertz CT molecular complexity index is 655. The van der Waals surface area contributed by atoms with Gasteiger partial charge >= 0.3 is 0 Å². The van der Waals surface area contributed by atoms with Gasteiger partial charge in [0, 0.05) is 23.5 Å². The Hall–Kier alpha value is -2.56. The topological polar surface area (TPSA) is 56.1 Å². The van der Waals surface area contributed by atoms with Crippen molar-refractivity contribution < 1.29 is 9.53 Å². The Labute approximate surface area is 130 Å². The van der Waals surface area contributed by atoms with Crippen molar-refractivity contribution in [2.75, 3.05) is 6.61 Å². The molecule has 2 aromatic rings. The second-order valence-corrected chi connectivity index (χ2v) is 6.00. The number of hydrogen-bond donors (Lipinski definition) is 1. The quantitative estimate of drug-likeness (QED) is 0.923. The molecular formula is C17H21N3O2. The molecule has 0 unspecified atom stereocenters. The summed E-state index contributed by atoms with van der Waals surface area (Å²) in [7, 11) is 0. The summed E-state index contributed by atoms with van der Waals surface area (Å²) in [6.45, 7) is 9.81. The summed E-state index contributed by atoms with van der Waals surface area (Å²) in [6.07, 6.45) is 5.17. The van der Waals surface area contributed by atoms with Crippen molar-refractivity contribution >= 4 is 11.6 Å². The molecule has 1 amide bonds. The molecule has 0 aliphatic rings. The first-order valence-electron chi connectivity index (χ1n) is 7.07. The highest BCUT2D eigenvalue weighted by molar-refractivity contribution is 5.78. The van der Waals surface area contributed by atoms with Crippen molar-refractivity contribution in [3.63, 3.8) is 0 Å². The molecule has 0 saturated heterocycles. The fraction of sp³-hybridized carbons (Fsp3) is 0.294. The number of rotatable bonds is 5. The molecule has 1 aromatic heterocycles. The van der Waals surface area contributed by atoms with Gasteiger partial charge in [-0.2, -0.15) is 0 Å². The van der Waals surface area contributed by atoms with E-state index in [0.29, 0.717) is 5.75 Å². The lowest BCUT2D eigenvalue weighted by atomic mass is 10.1. The normalized spacial score (nSPS) is 11.0. The van der Waals surface area contributed by atoms with E-state index in [1.807, 2.05) is 51.2 Å². The van der Waals surface area contributed by atoms with E-state index in [2.05, 4.69) is 16.9 Å². The Morgan fingerprint density at radius 3 is 2.73 bits per heavy atom. The number of hydrogen-bond acceptors (Lipinski definition) is 3. The van der Waals surface area contributed by atoms with Crippen molar-refractivity contribution in [1.29, 1.82) is 0 Å². The summed E-state index contributed by atoms with van der Waals surface area (Å²) < 4.78 is 7.46. The number of imidazole rings is 1. The first kappa shape index (κ1) is 15.8. The molecule has 116 valence electrons. The zero-order chi connectivity index (χ0) is 16.2. The Morgan fingerprint density at radius 1 is 1.36 bits per heavy atom. The second kappa shape index (κ2) is 6.47. The largest absolute Gasteiger partial charge is 0.483 e. The highest BCUT2D eigenvalue weighted by atomic mass is 16.5. The molecule has 0 aliphatic carbocycles. The zero-order valence-corrected chi connectivity index (χ0v) is 13.2. The summed E-state index contributed by atoms with van der Waals surface area (Å²) in [4.78, 5) is 15.9. The minimum atomic E-state index is -0.277. The van der Waals surface area contributed by atoms with Crippen LogP contribution in [0.5, 0.6) is 5.75 Å². The average Bonchev–Trinajstić information content (AvgIpc) is 2.97. The third-order valence-corrected chi connectivity index (χ3v) is 2.89. The molecule has 22 heavy (non-hydrogen) atoms. The Morgan fingerprint density at radius 2 is 2.09 bits per heavy atom. The lowest BCUT2D eigenvalue weighted by Gasteiger charge is -2.21. The molecule has 5 nitrogen and oxygen atoms in total. The lowest BCUT2D eigenvalue weighted by molar-refractivity contribution is -0.124. The van der Waals surface area contributed by atoms with E-state index in [1.54, 1.807) is 17.1 Å². The number of carbonyl (C=O) groups excluding carboxylic acids is 1. The van der Waals surface area contributed by atoms with Gasteiger partial charge in [-0.1, -0.05) is 18.7 Å². The van der Waals surface area contributed by atoms with Gasteiger partial charge in [0.15, 0.2) is 6.61 Å². The van der Waals surface area contributed by atoms with Crippen molar-refractivity contribution in [1.82, 2.24) is 14.9 Å². The second-order valence-electron chi connectivity index (χ2n) is 6.00. The van der Waals surface area contributed by atoms with Gasteiger partial charge in [0.1, 0.15) is 5.75 Å². The monoisotopic (exact) mass is 299 g/mol. The molecule has 0 radical (unpaired) electrons. The third-order valence-electron chi connectivity index (χ3n) is 2.89. The first-order valence-corrected chi connectivity index (χ1v) is 7.07. The predicted molar refractivity (Wildman–Crippen MR) is 86.5 cm³/mol. The van der Waals surface area contributed by atoms with Gasteiger partial charge in [-0.3, -0.25) is 4.79 Å². The van der Waals surface area contributed by atoms with Crippen LogP contribution in [0.1, 0.15) is 26.3 Å². The Balaban J connectivity index is 2.09. The summed E-state index contributed by atoms with van der Waals surface area (Å²) >= 11 is 0. The van der Waals surface area contributed by atoms with E-state index in [4.69, 9.17) is 4.74 Å². The van der Waals surface area contributed by atoms with Gasteiger partial charge in [-0.15, -0.1) is 0 Å². The Kier molecular flexibility index (Phi) is 4.65. The summed E-state index contributed by atoms with van der Waals surface area (Å²) in [5.74, 6) is 0.459. The standard InChI is InChI=1S/C17H21N3O2/c1-13(20-10-9-18-12-20)14-7-5-6-8-15(14)22-11-16(21)19-17(2,3)4/h5-10,12H,1,11H2,2-4H3,(H,19,21). The molecular weight excluding hydrogens is 278 g/mol. The number of aromatic nitrogens is 2. The predicted octanol–water partition coefficient (Wildman–Crippen LogP) is 2.70. The third kappa shape index (κ3) is 4.22. The van der Waals surface area contributed by atoms with Crippen LogP contribution in [-0.2, 0) is 4.79 Å². The van der Waals surface area contributed by atoms with E-state index in [1.165, 1.54) is 0 Å². The highest BCUT2D eigenvalue weighted by Gasteiger charge is 2.15. The van der Waals surface area contributed by atoms with Crippen LogP contribution in [0.2, 0.25) is 0 Å². The smallest absolute Gasteiger partial charge is 0.258 e. The minimum Gasteiger partial charge on any atom is -0.483 e. The van der Waals surface area contributed by atoms with Crippen molar-refractivity contribution in [2.45, 2.75) is 26.3 Å². The number of ether oxygens (including phenoxy) is 1. The molecule has 1 heterocycles. The highest BCUT2D eigenvalue weighted by Crippen LogP contribution is 2.25. The molecule has 0 bridgehead atoms. The molecule has 0 aliphatic heterocycles. The first-order chi connectivity index (χ1) is 10.4. The van der Waals surface area contributed by atoms with Gasteiger partial charge in [0.2, 0.25) is 0 Å². The maximum atomic E-state index is 11.9. The zero-order valence-electron chi connectivity index (χ0n) is 13.2. The average molecular weight is 299 g/mol. The van der Waals surface area contributed by atoms with E-state index >= 15 is 0 Å². The van der Waals surface area contributed by atoms with E-state index in [9.17, 15) is 4.79 Å². The number of nitrogens with one attached hydrogen (secondary N) is 1. The van der Waals surface area contributed by atoms with Crippen LogP contribution in [-0.4, -0.2) is 27.6 Å². The number of amides is 1. The van der Waals surface area contributed by atoms with Crippen LogP contribution >= 0.6 is 0 Å². The summed E-state index contributed by atoms with van der Waals surface area (Å²) in [5, 5.41) is 2.86. The molecule has 1 N–H and O–H groups in total. The van der Waals surface area contributed by atoms with Crippen molar-refractivity contribution in [3.05, 3.63) is 55.1 Å². The molecule has 2 rings (SSSR count). The molecule has 0 spiro atoms. The molecule has 1 aromatic carbocycles. The van der Waals surface area contributed by atoms with Crippen LogP contribution in [0, 0.1) is 0 Å². The summed E-state index contributed by atoms with van der Waals surface area (Å²) in [6, 6.07) is 7.49. The van der Waals surface area contributed by atoms with Gasteiger partial charge < -0.3 is 14.6 Å². The minimum absolute atomic E-state index is 0.0362. The van der Waals surface area contributed by atoms with E-state index in [-0.39, 0.29) is 18.1 Å². The van der Waals surface area contributed by atoms with Gasteiger partial charge in [0.25, 0.3) is 5.91 Å². The van der Waals surface area contributed by atoms with Gasteiger partial charge in [0.05, 0.1) is 12.0 Å². The van der Waals surface area contributed by atoms with Crippen LogP contribution < -0.4 is 10.1 Å². The van der Waals surface area contributed by atoms with Gasteiger partial charge in [-0.25, -0.2) is 4.98 Å². The van der Waals surface area contributed by atoms with Crippen LogP contribution in [0.25, 0.3) is 5.70 Å². The number of benzene rings is 1. The van der Waals surface area contributed by atoms with Crippen LogP contribution in [0.4, 0.5) is 0 Å². The number of carbonyl (C=O) groups is 1. The SMILES string of the molecule is C=C(c1ccccc1OCC(=O)NC(C)(C)C)n1ccnc1.